The second-order valence-corrected chi connectivity index (χ2v) is 1.82. The van der Waals surface area contributed by atoms with Gasteiger partial charge in [-0.3, -0.25) is 4.21 Å². The zero-order valence-electron chi connectivity index (χ0n) is 4.53. The van der Waals surface area contributed by atoms with Gasteiger partial charge in [0, 0.05) is 17.5 Å². The van der Waals surface area contributed by atoms with Crippen LogP contribution in [0.2, 0.25) is 0 Å². The molecule has 0 amide bonds. The van der Waals surface area contributed by atoms with E-state index in [1.807, 2.05) is 10.8 Å². The van der Waals surface area contributed by atoms with Crippen LogP contribution in [0, 0.1) is 11.3 Å². The topological polar surface area (TPSA) is 76.0 Å². The molecule has 4 nitrogen and oxygen atoms in total. The van der Waals surface area contributed by atoms with Gasteiger partial charge >= 0.3 is 0 Å². The molecule has 1 N–H and O–H groups in total. The molecule has 50 valence electrons. The lowest BCUT2D eigenvalue weighted by Crippen LogP contribution is -2.07. The van der Waals surface area contributed by atoms with Crippen molar-refractivity contribution in [3.05, 3.63) is 12.3 Å². The Labute approximate surface area is 55.6 Å². The van der Waals surface area contributed by atoms with Crippen molar-refractivity contribution in [3.63, 3.8) is 0 Å². The van der Waals surface area contributed by atoms with Gasteiger partial charge in [-0.2, -0.15) is 5.26 Å². The number of nitrogens with one attached hydrogen (secondary N) is 1. The summed E-state index contributed by atoms with van der Waals surface area (Å²) in [4.78, 5) is 0. The second kappa shape index (κ2) is 5.28. The van der Waals surface area contributed by atoms with Crippen molar-refractivity contribution in [3.8, 4) is 6.07 Å². The van der Waals surface area contributed by atoms with Crippen LogP contribution in [0.5, 0.6) is 0 Å². The molecule has 0 radical (unpaired) electrons. The maximum Gasteiger partial charge on any atom is 0.0663 e. The van der Waals surface area contributed by atoms with Gasteiger partial charge in [-0.1, -0.05) is 6.08 Å². The number of rotatable bonds is 3. The van der Waals surface area contributed by atoms with Crippen LogP contribution in [-0.4, -0.2) is 8.76 Å². The molecule has 0 saturated carbocycles. The molecule has 0 spiro atoms. The lowest BCUT2D eigenvalue weighted by Gasteiger charge is -2.00. The predicted molar refractivity (Wildman–Crippen MR) is 31.4 cm³/mol. The van der Waals surface area contributed by atoms with E-state index in [1.54, 1.807) is 0 Å². The molecule has 1 atom stereocenters. The molecule has 0 bridgehead atoms. The Bertz CT molecular complexity index is 160. The van der Waals surface area contributed by atoms with E-state index in [9.17, 15) is 8.76 Å². The van der Waals surface area contributed by atoms with E-state index in [4.69, 9.17) is 5.26 Å². The normalized spacial score (nSPS) is 12.9. The third-order valence-corrected chi connectivity index (χ3v) is 0.820. The van der Waals surface area contributed by atoms with Crippen LogP contribution in [0.1, 0.15) is 6.42 Å². The van der Waals surface area contributed by atoms with Gasteiger partial charge in [0.2, 0.25) is 0 Å². The highest BCUT2D eigenvalue weighted by molar-refractivity contribution is 7.77. The largest absolute Gasteiger partial charge is 0.755 e. The first kappa shape index (κ1) is 8.14. The molecule has 0 rings (SSSR count). The molecule has 0 aliphatic heterocycles. The number of hydrogen-bond acceptors (Lipinski definition) is 3. The van der Waals surface area contributed by atoms with Gasteiger partial charge in [-0.15, -0.1) is 0 Å². The summed E-state index contributed by atoms with van der Waals surface area (Å²) in [6.07, 6.45) is 2.83. The Morgan fingerprint density at radius 2 is 2.56 bits per heavy atom. The summed E-state index contributed by atoms with van der Waals surface area (Å²) in [6.45, 7) is 0. The summed E-state index contributed by atoms with van der Waals surface area (Å²) in [6, 6.07) is 1.81. The fourth-order valence-electron chi connectivity index (χ4n) is 0.215. The summed E-state index contributed by atoms with van der Waals surface area (Å²) in [7, 11) is 0. The Balaban J connectivity index is 3.28. The van der Waals surface area contributed by atoms with Crippen molar-refractivity contribution >= 4 is 11.3 Å². The Hall–Kier alpha value is -0.860. The van der Waals surface area contributed by atoms with Crippen molar-refractivity contribution in [2.24, 2.45) is 0 Å². The van der Waals surface area contributed by atoms with Crippen molar-refractivity contribution in [2.45, 2.75) is 6.42 Å². The van der Waals surface area contributed by atoms with E-state index in [1.165, 1.54) is 12.3 Å². The second-order valence-electron chi connectivity index (χ2n) is 1.12. The van der Waals surface area contributed by atoms with E-state index in [-0.39, 0.29) is 6.42 Å². The van der Waals surface area contributed by atoms with Gasteiger partial charge in [-0.05, 0) is 0 Å². The van der Waals surface area contributed by atoms with Crippen LogP contribution in [-0.2, 0) is 11.3 Å². The van der Waals surface area contributed by atoms with Crippen LogP contribution < -0.4 is 4.72 Å². The van der Waals surface area contributed by atoms with E-state index in [0.29, 0.717) is 0 Å². The molecule has 5 heteroatoms. The van der Waals surface area contributed by atoms with E-state index >= 15 is 0 Å². The highest BCUT2D eigenvalue weighted by Gasteiger charge is 1.70. The first-order chi connectivity index (χ1) is 4.27. The van der Waals surface area contributed by atoms with E-state index < -0.39 is 11.3 Å². The van der Waals surface area contributed by atoms with Crippen LogP contribution in [0.4, 0.5) is 0 Å². The Kier molecular flexibility index (Phi) is 4.78. The molecule has 0 aliphatic rings. The highest BCUT2D eigenvalue weighted by atomic mass is 32.2. The van der Waals surface area contributed by atoms with Gasteiger partial charge < -0.3 is 9.27 Å². The zero-order chi connectivity index (χ0) is 7.11. The smallest absolute Gasteiger partial charge is 0.0663 e. The van der Waals surface area contributed by atoms with Gasteiger partial charge in [0.1, 0.15) is 0 Å². The highest BCUT2D eigenvalue weighted by Crippen LogP contribution is 1.75. The average Bonchev–Trinajstić information content (AvgIpc) is 1.80. The van der Waals surface area contributed by atoms with Crippen molar-refractivity contribution in [1.29, 1.82) is 5.26 Å². The minimum absolute atomic E-state index is 0.212. The molecular weight excluding hydrogens is 140 g/mol. The lowest BCUT2D eigenvalue weighted by atomic mass is 10.5. The monoisotopic (exact) mass is 145 g/mol. The number of allylic oxidation sites excluding steroid dienone is 1. The summed E-state index contributed by atoms with van der Waals surface area (Å²) < 4.78 is 21.4. The van der Waals surface area contributed by atoms with Crippen molar-refractivity contribution in [1.82, 2.24) is 4.72 Å². The lowest BCUT2D eigenvalue weighted by molar-refractivity contribution is 0.531. The first-order valence-corrected chi connectivity index (χ1v) is 3.22. The summed E-state index contributed by atoms with van der Waals surface area (Å²) in [5.74, 6) is 0. The molecule has 1 unspecified atom stereocenters. The van der Waals surface area contributed by atoms with Crippen LogP contribution in [0.15, 0.2) is 12.3 Å². The Morgan fingerprint density at radius 1 is 1.89 bits per heavy atom. The Morgan fingerprint density at radius 3 is 3.00 bits per heavy atom. The van der Waals surface area contributed by atoms with E-state index in [0.717, 1.165) is 0 Å². The van der Waals surface area contributed by atoms with Crippen LogP contribution in [0.25, 0.3) is 0 Å². The molecule has 0 aromatic carbocycles. The molecule has 9 heavy (non-hydrogen) atoms. The number of nitrogens with zero attached hydrogens (tertiary/aromatic N) is 1. The van der Waals surface area contributed by atoms with Gasteiger partial charge in [0.15, 0.2) is 0 Å². The van der Waals surface area contributed by atoms with Gasteiger partial charge in [0.25, 0.3) is 0 Å². The molecule has 0 heterocycles. The zero-order valence-corrected chi connectivity index (χ0v) is 5.35. The predicted octanol–water partition coefficient (Wildman–Crippen LogP) is -0.203. The molecule has 0 aromatic heterocycles. The number of nitriles is 1. The molecular formula is C4H5N2O2S-. The van der Waals surface area contributed by atoms with Crippen LogP contribution in [0.3, 0.4) is 0 Å². The molecule has 0 saturated heterocycles. The maximum atomic E-state index is 9.72. The summed E-state index contributed by atoms with van der Waals surface area (Å²) in [5.41, 5.74) is 0. The molecule has 0 aromatic rings. The average molecular weight is 145 g/mol. The molecule has 0 fully saturated rings. The minimum atomic E-state index is -2.27. The van der Waals surface area contributed by atoms with Gasteiger partial charge in [0.05, 0.1) is 12.5 Å². The quantitative estimate of drug-likeness (QED) is 0.558. The molecule has 0 aliphatic carbocycles. The fourth-order valence-corrected chi connectivity index (χ4v) is 0.423. The fraction of sp³-hybridized carbons (Fsp3) is 0.250. The first-order valence-electron chi connectivity index (χ1n) is 2.14. The maximum absolute atomic E-state index is 9.72. The standard InChI is InChI=1S/C4H6N2O2S/c5-3-1-2-4-6-9(7)8/h2,4,6H,1H2,(H,7,8)/p-1. The van der Waals surface area contributed by atoms with Crippen LogP contribution >= 0.6 is 0 Å². The van der Waals surface area contributed by atoms with E-state index in [2.05, 4.69) is 0 Å². The third kappa shape index (κ3) is 7.14. The van der Waals surface area contributed by atoms with Gasteiger partial charge in [-0.25, -0.2) is 0 Å². The third-order valence-electron chi connectivity index (χ3n) is 0.491. The minimum Gasteiger partial charge on any atom is -0.755 e. The summed E-state index contributed by atoms with van der Waals surface area (Å²) in [5, 5.41) is 7.95. The SMILES string of the molecule is N#CCC=CNS(=O)[O-]. The number of hydrogen-bond donors (Lipinski definition) is 1. The van der Waals surface area contributed by atoms with Crippen molar-refractivity contribution < 1.29 is 8.76 Å². The van der Waals surface area contributed by atoms with Crippen molar-refractivity contribution in [2.75, 3.05) is 0 Å². The summed E-state index contributed by atoms with van der Waals surface area (Å²) >= 11 is -2.27.